The van der Waals surface area contributed by atoms with Crippen molar-refractivity contribution in [2.24, 2.45) is 106 Å². The molecule has 2 heteroatoms. The van der Waals surface area contributed by atoms with Crippen LogP contribution in [0.15, 0.2) is 0 Å². The average molecular weight is 1110 g/mol. The first-order valence-electron chi connectivity index (χ1n) is 38.2. The molecule has 0 heterocycles. The van der Waals surface area contributed by atoms with E-state index in [1.165, 1.54) is 193 Å². The van der Waals surface area contributed by atoms with Gasteiger partial charge in [0, 0.05) is 36.3 Å². The largest absolute Gasteiger partial charge is 0.294 e. The monoisotopic (exact) mass is 1110 g/mol. The Hall–Kier alpha value is -0.0800. The minimum Gasteiger partial charge on any atom is -0.294 e. The van der Waals surface area contributed by atoms with E-state index in [1.54, 1.807) is 89.9 Å². The number of hydrogen-bond donors (Lipinski definition) is 0. The van der Waals surface area contributed by atoms with Crippen LogP contribution >= 0.6 is 0 Å². The third kappa shape index (κ3) is 15.2. The van der Waals surface area contributed by atoms with E-state index >= 15 is 0 Å². The minimum absolute atomic E-state index is 0.468. The van der Waals surface area contributed by atoms with Gasteiger partial charge in [-0.05, 0) is 298 Å². The highest BCUT2D eigenvalue weighted by Crippen LogP contribution is 2.67. The maximum atomic E-state index is 3.58. The second-order valence-corrected chi connectivity index (χ2v) is 35.0. The highest BCUT2D eigenvalue weighted by molar-refractivity contribution is 5.14. The molecule has 10 saturated carbocycles. The van der Waals surface area contributed by atoms with Gasteiger partial charge in [0.25, 0.3) is 0 Å². The topological polar surface area (TPSA) is 6.48 Å². The molecule has 10 unspecified atom stereocenters. The van der Waals surface area contributed by atoms with Crippen LogP contribution in [-0.2, 0) is 0 Å². The first-order valence-corrected chi connectivity index (χ1v) is 38.2. The summed E-state index contributed by atoms with van der Waals surface area (Å²) >= 11 is 0. The van der Waals surface area contributed by atoms with Gasteiger partial charge in [-0.25, -0.2) is 0 Å². The molecule has 10 rings (SSSR count). The molecule has 0 saturated heterocycles. The first kappa shape index (κ1) is 63.0. The van der Waals surface area contributed by atoms with Crippen molar-refractivity contribution >= 4 is 0 Å². The van der Waals surface area contributed by atoms with Crippen molar-refractivity contribution in [3.05, 3.63) is 0 Å². The van der Waals surface area contributed by atoms with E-state index in [0.29, 0.717) is 10.8 Å². The molecule has 10 atom stereocenters. The van der Waals surface area contributed by atoms with Gasteiger partial charge < -0.3 is 0 Å². The highest BCUT2D eigenvalue weighted by atomic mass is 15.2. The standard InChI is InChI=1S/C78H140N2/c1-11-13-15-17-19-21-23-57-29-45-65(46-30-57)79(63-41-25-55(3)26-42-63)73-53-71(59-33-37-61(38-34-59)77(5,6)7)67-50-52-70-74(54-72(68-49-51-69(73)75(67)76(68)70)60-35-39-62(40-36-60)78(8,9)10)80(64-43-27-56(4)28-44-64)66-47-31-58(32-48-66)24-22-20-18-16-14-12-2/h55-76H,11-54H2,1-10H3. The van der Waals surface area contributed by atoms with Gasteiger partial charge in [-0.15, -0.1) is 0 Å². The Morgan fingerprint density at radius 3 is 0.925 bits per heavy atom. The quantitative estimate of drug-likeness (QED) is 0.0997. The van der Waals surface area contributed by atoms with Crippen molar-refractivity contribution in [2.75, 3.05) is 0 Å². The van der Waals surface area contributed by atoms with Crippen LogP contribution in [0.5, 0.6) is 0 Å². The van der Waals surface area contributed by atoms with Crippen molar-refractivity contribution in [3.63, 3.8) is 0 Å². The van der Waals surface area contributed by atoms with Crippen LogP contribution in [0.3, 0.4) is 0 Å². The molecule has 0 aliphatic heterocycles. The zero-order valence-corrected chi connectivity index (χ0v) is 55.7. The Balaban J connectivity index is 0.981. The summed E-state index contributed by atoms with van der Waals surface area (Å²) in [4.78, 5) is 7.16. The molecule has 2 nitrogen and oxygen atoms in total. The number of rotatable bonds is 22. The maximum absolute atomic E-state index is 3.58. The Morgan fingerprint density at radius 2 is 0.600 bits per heavy atom. The fraction of sp³-hybridized carbons (Fsp3) is 1.00. The van der Waals surface area contributed by atoms with E-state index in [2.05, 4.69) is 79.0 Å². The Morgan fingerprint density at radius 1 is 0.300 bits per heavy atom. The van der Waals surface area contributed by atoms with Gasteiger partial charge in [0.2, 0.25) is 0 Å². The van der Waals surface area contributed by atoms with E-state index in [4.69, 9.17) is 0 Å². The van der Waals surface area contributed by atoms with Crippen molar-refractivity contribution in [3.8, 4) is 0 Å². The zero-order valence-electron chi connectivity index (χ0n) is 55.7. The van der Waals surface area contributed by atoms with Crippen LogP contribution in [0.4, 0.5) is 0 Å². The highest BCUT2D eigenvalue weighted by Gasteiger charge is 2.63. The molecule has 0 N–H and O–H groups in total. The summed E-state index contributed by atoms with van der Waals surface area (Å²) in [6, 6.07) is 5.23. The smallest absolute Gasteiger partial charge is 0.0135 e. The summed E-state index contributed by atoms with van der Waals surface area (Å²) in [7, 11) is 0. The molecular weight excluding hydrogens is 965 g/mol. The van der Waals surface area contributed by atoms with Crippen molar-refractivity contribution < 1.29 is 0 Å². The lowest BCUT2D eigenvalue weighted by Crippen LogP contribution is -2.67. The lowest BCUT2D eigenvalue weighted by atomic mass is 9.41. The number of unbranched alkanes of at least 4 members (excludes halogenated alkanes) is 10. The zero-order chi connectivity index (χ0) is 56.0. The van der Waals surface area contributed by atoms with Crippen LogP contribution in [0.2, 0.25) is 0 Å². The normalized spacial score (nSPS) is 43.0. The van der Waals surface area contributed by atoms with Gasteiger partial charge in [-0.3, -0.25) is 9.80 Å². The summed E-state index contributed by atoms with van der Waals surface area (Å²) in [5.74, 6) is 15.8. The average Bonchev–Trinajstić information content (AvgIpc) is 2.04. The molecular formula is C78H140N2. The lowest BCUT2D eigenvalue weighted by molar-refractivity contribution is -0.190. The van der Waals surface area contributed by atoms with E-state index in [1.807, 2.05) is 0 Å². The van der Waals surface area contributed by atoms with Gasteiger partial charge in [-0.1, -0.05) is 159 Å². The second-order valence-electron chi connectivity index (χ2n) is 35.0. The van der Waals surface area contributed by atoms with Crippen LogP contribution in [0, 0.1) is 106 Å². The third-order valence-electron chi connectivity index (χ3n) is 28.4. The van der Waals surface area contributed by atoms with E-state index in [0.717, 1.165) is 131 Å². The van der Waals surface area contributed by atoms with Gasteiger partial charge in [0.1, 0.15) is 0 Å². The SMILES string of the molecule is CCCCCCCCC1CCC(N(C2CCC(C)CC2)C2CC(C3CCC(C(C)(C)C)CC3)C3CCC4C5C(CCC2C35)C(C2CCC(C(C)(C)C)CC2)CC4N(C2CCC(C)CC2)C2CCC(CCCCCCCC)CC2)CC1. The molecule has 0 spiro atoms. The molecule has 80 heavy (non-hydrogen) atoms. The summed E-state index contributed by atoms with van der Waals surface area (Å²) in [5, 5.41) is 0. The summed E-state index contributed by atoms with van der Waals surface area (Å²) in [6.07, 6.45) is 67.1. The molecule has 0 bridgehead atoms. The minimum atomic E-state index is 0.468. The molecule has 0 aromatic rings. The van der Waals surface area contributed by atoms with E-state index in [9.17, 15) is 0 Å². The van der Waals surface area contributed by atoms with Crippen LogP contribution < -0.4 is 0 Å². The second kappa shape index (κ2) is 29.3. The predicted molar refractivity (Wildman–Crippen MR) is 347 cm³/mol. The number of hydrogen-bond acceptors (Lipinski definition) is 2. The Kier molecular flexibility index (Phi) is 23.0. The molecule has 0 aromatic heterocycles. The van der Waals surface area contributed by atoms with Crippen molar-refractivity contribution in [1.29, 1.82) is 0 Å². The van der Waals surface area contributed by atoms with Gasteiger partial charge >= 0.3 is 0 Å². The molecule has 10 fully saturated rings. The molecule has 0 aromatic carbocycles. The molecule has 10 aliphatic rings. The molecule has 0 amide bonds. The predicted octanol–water partition coefficient (Wildman–Crippen LogP) is 23.1. The summed E-state index contributed by atoms with van der Waals surface area (Å²) < 4.78 is 0. The van der Waals surface area contributed by atoms with Gasteiger partial charge in [0.15, 0.2) is 0 Å². The fourth-order valence-electron chi connectivity index (χ4n) is 23.7. The summed E-state index contributed by atoms with van der Waals surface area (Å²) in [5.41, 5.74) is 0.937. The van der Waals surface area contributed by atoms with Crippen molar-refractivity contribution in [1.82, 2.24) is 9.80 Å². The van der Waals surface area contributed by atoms with E-state index < -0.39 is 0 Å². The maximum Gasteiger partial charge on any atom is 0.0135 e. The Labute approximate surface area is 500 Å². The van der Waals surface area contributed by atoms with Gasteiger partial charge in [-0.2, -0.15) is 0 Å². The van der Waals surface area contributed by atoms with Gasteiger partial charge in [0.05, 0.1) is 0 Å². The lowest BCUT2D eigenvalue weighted by Gasteiger charge is -2.68. The van der Waals surface area contributed by atoms with Crippen LogP contribution in [0.25, 0.3) is 0 Å². The fourth-order valence-corrected chi connectivity index (χ4v) is 23.7. The van der Waals surface area contributed by atoms with Crippen molar-refractivity contribution in [2.45, 2.75) is 388 Å². The summed E-state index contributed by atoms with van der Waals surface area (Å²) in [6.45, 7) is 25.6. The molecule has 462 valence electrons. The molecule has 10 aliphatic carbocycles. The van der Waals surface area contributed by atoms with Crippen LogP contribution in [-0.4, -0.2) is 46.1 Å². The Bertz CT molecular complexity index is 1610. The first-order chi connectivity index (χ1) is 38.7. The molecule has 0 radical (unpaired) electrons. The van der Waals surface area contributed by atoms with Crippen LogP contribution in [0.1, 0.15) is 352 Å². The third-order valence-corrected chi connectivity index (χ3v) is 28.4. The van der Waals surface area contributed by atoms with E-state index in [-0.39, 0.29) is 0 Å². The number of nitrogens with zero attached hydrogens (tertiary/aromatic N) is 2.